The van der Waals surface area contributed by atoms with Gasteiger partial charge >= 0.3 is 0 Å². The lowest BCUT2D eigenvalue weighted by Crippen LogP contribution is -2.30. The molecule has 1 aromatic rings. The van der Waals surface area contributed by atoms with E-state index in [-0.39, 0.29) is 5.60 Å². The number of ether oxygens (including phenoxy) is 1. The molecule has 1 N–H and O–H groups in total. The number of hydrogen-bond acceptors (Lipinski definition) is 3. The summed E-state index contributed by atoms with van der Waals surface area (Å²) >= 11 is 5.34. The van der Waals surface area contributed by atoms with Crippen LogP contribution in [0.5, 0.6) is 0 Å². The summed E-state index contributed by atoms with van der Waals surface area (Å²) in [7, 11) is 3.75. The zero-order valence-electron chi connectivity index (χ0n) is 9.63. The summed E-state index contributed by atoms with van der Waals surface area (Å²) < 4.78 is 6.64. The van der Waals surface area contributed by atoms with Crippen LogP contribution < -0.4 is 5.32 Å². The molecule has 0 aromatic carbocycles. The van der Waals surface area contributed by atoms with Crippen molar-refractivity contribution >= 4 is 27.3 Å². The minimum Gasteiger partial charge on any atom is -0.379 e. The monoisotopic (exact) mass is 291 g/mol. The summed E-state index contributed by atoms with van der Waals surface area (Å²) in [6, 6.07) is 2.43. The molecule has 1 atom stereocenters. The standard InChI is InChI=1S/C11H18BrNOS/c1-11(2,14-4)7-9(13-3)10-8(12)5-6-15-10/h5-6,9,13H,7H2,1-4H3. The van der Waals surface area contributed by atoms with Crippen molar-refractivity contribution in [2.45, 2.75) is 31.9 Å². The van der Waals surface area contributed by atoms with Gasteiger partial charge in [-0.3, -0.25) is 0 Å². The van der Waals surface area contributed by atoms with Crippen LogP contribution in [0.2, 0.25) is 0 Å². The van der Waals surface area contributed by atoms with Crippen LogP contribution in [-0.2, 0) is 4.74 Å². The normalized spacial score (nSPS) is 14.2. The van der Waals surface area contributed by atoms with E-state index in [1.165, 1.54) is 9.35 Å². The van der Waals surface area contributed by atoms with E-state index in [0.29, 0.717) is 6.04 Å². The van der Waals surface area contributed by atoms with Crippen molar-refractivity contribution in [3.63, 3.8) is 0 Å². The van der Waals surface area contributed by atoms with E-state index in [1.807, 2.05) is 7.05 Å². The van der Waals surface area contributed by atoms with Crippen LogP contribution in [0.3, 0.4) is 0 Å². The molecule has 1 heterocycles. The zero-order chi connectivity index (χ0) is 11.5. The van der Waals surface area contributed by atoms with Gasteiger partial charge in [-0.2, -0.15) is 0 Å². The number of methoxy groups -OCH3 is 1. The summed E-state index contributed by atoms with van der Waals surface area (Å²) in [5.41, 5.74) is -0.100. The molecule has 0 bridgehead atoms. The van der Waals surface area contributed by atoms with E-state index >= 15 is 0 Å². The van der Waals surface area contributed by atoms with Crippen LogP contribution >= 0.6 is 27.3 Å². The molecule has 1 unspecified atom stereocenters. The molecule has 0 fully saturated rings. The zero-order valence-corrected chi connectivity index (χ0v) is 12.0. The highest BCUT2D eigenvalue weighted by atomic mass is 79.9. The van der Waals surface area contributed by atoms with Gasteiger partial charge in [0.2, 0.25) is 0 Å². The van der Waals surface area contributed by atoms with Crippen molar-refractivity contribution in [2.75, 3.05) is 14.2 Å². The molecule has 0 radical (unpaired) electrons. The van der Waals surface area contributed by atoms with E-state index in [9.17, 15) is 0 Å². The Morgan fingerprint density at radius 2 is 2.27 bits per heavy atom. The van der Waals surface area contributed by atoms with Gasteiger partial charge in [-0.25, -0.2) is 0 Å². The number of hydrogen-bond donors (Lipinski definition) is 1. The van der Waals surface area contributed by atoms with Crippen LogP contribution in [0.4, 0.5) is 0 Å². The molecule has 0 spiro atoms. The van der Waals surface area contributed by atoms with Gasteiger partial charge < -0.3 is 10.1 Å². The van der Waals surface area contributed by atoms with Gasteiger partial charge in [0.25, 0.3) is 0 Å². The van der Waals surface area contributed by atoms with Gasteiger partial charge in [-0.15, -0.1) is 11.3 Å². The Morgan fingerprint density at radius 3 is 2.67 bits per heavy atom. The molecule has 86 valence electrons. The Hall–Kier alpha value is 0.100. The van der Waals surface area contributed by atoms with Gasteiger partial charge in [0, 0.05) is 22.5 Å². The second-order valence-electron chi connectivity index (χ2n) is 4.14. The van der Waals surface area contributed by atoms with Crippen molar-refractivity contribution in [3.05, 3.63) is 20.8 Å². The third-order valence-corrected chi connectivity index (χ3v) is 4.54. The maximum Gasteiger partial charge on any atom is 0.0641 e. The SMILES string of the molecule is CNC(CC(C)(C)OC)c1sccc1Br. The van der Waals surface area contributed by atoms with Gasteiger partial charge in [0.1, 0.15) is 0 Å². The maximum absolute atomic E-state index is 5.46. The van der Waals surface area contributed by atoms with Gasteiger partial charge in [-0.1, -0.05) is 0 Å². The van der Waals surface area contributed by atoms with Gasteiger partial charge in [-0.05, 0) is 54.7 Å². The second kappa shape index (κ2) is 5.43. The fraction of sp³-hybridized carbons (Fsp3) is 0.636. The van der Waals surface area contributed by atoms with Crippen LogP contribution in [0.1, 0.15) is 31.2 Å². The smallest absolute Gasteiger partial charge is 0.0641 e. The van der Waals surface area contributed by atoms with E-state index in [0.717, 1.165) is 6.42 Å². The number of halogens is 1. The average molecular weight is 292 g/mol. The lowest BCUT2D eigenvalue weighted by atomic mass is 9.98. The van der Waals surface area contributed by atoms with Crippen LogP contribution in [0.25, 0.3) is 0 Å². The molecule has 15 heavy (non-hydrogen) atoms. The number of rotatable bonds is 5. The first-order chi connectivity index (χ1) is 7.00. The highest BCUT2D eigenvalue weighted by molar-refractivity contribution is 9.10. The lowest BCUT2D eigenvalue weighted by molar-refractivity contribution is 0.00768. The van der Waals surface area contributed by atoms with Crippen LogP contribution in [0, 0.1) is 0 Å². The average Bonchev–Trinajstić information content (AvgIpc) is 2.61. The first-order valence-electron chi connectivity index (χ1n) is 4.95. The van der Waals surface area contributed by atoms with Crippen molar-refractivity contribution in [1.29, 1.82) is 0 Å². The molecule has 1 aromatic heterocycles. The minimum absolute atomic E-state index is 0.100. The Kier molecular flexibility index (Phi) is 4.77. The molecule has 1 rings (SSSR count). The number of nitrogens with one attached hydrogen (secondary N) is 1. The molecule has 4 heteroatoms. The molecule has 0 amide bonds. The van der Waals surface area contributed by atoms with Gasteiger partial charge in [0.05, 0.1) is 5.60 Å². The molecular formula is C11H18BrNOS. The predicted molar refractivity (Wildman–Crippen MR) is 69.5 cm³/mol. The lowest BCUT2D eigenvalue weighted by Gasteiger charge is -2.28. The largest absolute Gasteiger partial charge is 0.379 e. The van der Waals surface area contributed by atoms with E-state index in [1.54, 1.807) is 18.4 Å². The summed E-state index contributed by atoms with van der Waals surface area (Å²) in [4.78, 5) is 1.34. The molecular weight excluding hydrogens is 274 g/mol. The molecule has 0 saturated carbocycles. The van der Waals surface area contributed by atoms with E-state index in [2.05, 4.69) is 46.5 Å². The summed E-state index contributed by atoms with van der Waals surface area (Å²) in [6.07, 6.45) is 0.957. The molecule has 2 nitrogen and oxygen atoms in total. The molecule has 0 aliphatic carbocycles. The third kappa shape index (κ3) is 3.55. The molecule has 0 saturated heterocycles. The van der Waals surface area contributed by atoms with Crippen LogP contribution in [-0.4, -0.2) is 19.8 Å². The summed E-state index contributed by atoms with van der Waals surface area (Å²) in [5.74, 6) is 0. The third-order valence-electron chi connectivity index (χ3n) is 2.56. The van der Waals surface area contributed by atoms with E-state index < -0.39 is 0 Å². The summed E-state index contributed by atoms with van der Waals surface area (Å²) in [6.45, 7) is 4.22. The first-order valence-corrected chi connectivity index (χ1v) is 6.62. The predicted octanol–water partition coefficient (Wildman–Crippen LogP) is 3.59. The fourth-order valence-corrected chi connectivity index (χ4v) is 3.22. The van der Waals surface area contributed by atoms with Crippen molar-refractivity contribution in [3.8, 4) is 0 Å². The van der Waals surface area contributed by atoms with Crippen molar-refractivity contribution < 1.29 is 4.74 Å². The minimum atomic E-state index is -0.100. The quantitative estimate of drug-likeness (QED) is 0.895. The van der Waals surface area contributed by atoms with Crippen molar-refractivity contribution in [2.24, 2.45) is 0 Å². The Balaban J connectivity index is 2.77. The highest BCUT2D eigenvalue weighted by Gasteiger charge is 2.24. The summed E-state index contributed by atoms with van der Waals surface area (Å²) in [5, 5.41) is 5.44. The van der Waals surface area contributed by atoms with E-state index in [4.69, 9.17) is 4.74 Å². The highest BCUT2D eigenvalue weighted by Crippen LogP contribution is 2.34. The Morgan fingerprint density at radius 1 is 1.60 bits per heavy atom. The Labute approximate surface area is 104 Å². The number of thiophene rings is 1. The van der Waals surface area contributed by atoms with Crippen LogP contribution in [0.15, 0.2) is 15.9 Å². The molecule has 0 aliphatic heterocycles. The molecule has 0 aliphatic rings. The maximum atomic E-state index is 5.46. The second-order valence-corrected chi connectivity index (χ2v) is 5.94. The topological polar surface area (TPSA) is 21.3 Å². The Bertz CT molecular complexity index is 311. The van der Waals surface area contributed by atoms with Gasteiger partial charge in [0.15, 0.2) is 0 Å². The first kappa shape index (κ1) is 13.2. The fourth-order valence-electron chi connectivity index (χ4n) is 1.45. The van der Waals surface area contributed by atoms with Crippen molar-refractivity contribution in [1.82, 2.24) is 5.32 Å².